The summed E-state index contributed by atoms with van der Waals surface area (Å²) in [7, 11) is 1.80. The van der Waals surface area contributed by atoms with E-state index in [2.05, 4.69) is 21.0 Å². The molecule has 2 rings (SSSR count). The number of piperidine rings is 1. The van der Waals surface area contributed by atoms with E-state index >= 15 is 0 Å². The lowest BCUT2D eigenvalue weighted by Gasteiger charge is -2.23. The van der Waals surface area contributed by atoms with Crippen molar-refractivity contribution in [3.63, 3.8) is 0 Å². The largest absolute Gasteiger partial charge is 0.444 e. The summed E-state index contributed by atoms with van der Waals surface area (Å²) in [5.41, 5.74) is 0.433. The first-order valence-corrected chi connectivity index (χ1v) is 8.30. The summed E-state index contributed by atoms with van der Waals surface area (Å²) < 4.78 is 6.95. The molecule has 1 unspecified atom stereocenters. The first-order chi connectivity index (χ1) is 10.8. The van der Waals surface area contributed by atoms with Crippen molar-refractivity contribution in [3.05, 3.63) is 11.8 Å². The Morgan fingerprint density at radius 3 is 2.91 bits per heavy atom. The molecular weight excluding hydrogens is 294 g/mol. The molecule has 1 aromatic heterocycles. The van der Waals surface area contributed by atoms with Gasteiger partial charge in [-0.25, -0.2) is 4.79 Å². The second kappa shape index (κ2) is 7.79. The standard InChI is InChI=1S/C16H29N5O2/c1-16(2,3)23-15(22)20-14-12(10-19-21(14)4)9-17-11-13-7-5-6-8-18-13/h10,13,17-18H,5-9,11H2,1-4H3,(H,20,22). The van der Waals surface area contributed by atoms with Gasteiger partial charge in [-0.15, -0.1) is 0 Å². The van der Waals surface area contributed by atoms with E-state index in [1.165, 1.54) is 19.3 Å². The molecule has 2 heterocycles. The third-order valence-corrected chi connectivity index (χ3v) is 3.75. The van der Waals surface area contributed by atoms with Crippen molar-refractivity contribution < 1.29 is 9.53 Å². The molecule has 0 bridgehead atoms. The Balaban J connectivity index is 1.86. The van der Waals surface area contributed by atoms with Crippen molar-refractivity contribution in [2.24, 2.45) is 7.05 Å². The van der Waals surface area contributed by atoms with Crippen LogP contribution >= 0.6 is 0 Å². The lowest BCUT2D eigenvalue weighted by Crippen LogP contribution is -2.41. The van der Waals surface area contributed by atoms with Gasteiger partial charge in [0.15, 0.2) is 0 Å². The van der Waals surface area contributed by atoms with Gasteiger partial charge in [0.1, 0.15) is 11.4 Å². The van der Waals surface area contributed by atoms with Gasteiger partial charge in [0.2, 0.25) is 0 Å². The van der Waals surface area contributed by atoms with Crippen LogP contribution in [0.4, 0.5) is 10.6 Å². The Morgan fingerprint density at radius 1 is 1.48 bits per heavy atom. The average Bonchev–Trinajstić information content (AvgIpc) is 2.79. The topological polar surface area (TPSA) is 80.2 Å². The van der Waals surface area contributed by atoms with Crippen molar-refractivity contribution in [1.82, 2.24) is 20.4 Å². The minimum atomic E-state index is -0.520. The highest BCUT2D eigenvalue weighted by atomic mass is 16.6. The number of aromatic nitrogens is 2. The van der Waals surface area contributed by atoms with E-state index in [1.807, 2.05) is 20.8 Å². The Kier molecular flexibility index (Phi) is 6.01. The zero-order chi connectivity index (χ0) is 16.9. The van der Waals surface area contributed by atoms with Crippen LogP contribution in [-0.4, -0.2) is 40.6 Å². The van der Waals surface area contributed by atoms with Gasteiger partial charge in [0.25, 0.3) is 0 Å². The summed E-state index contributed by atoms with van der Waals surface area (Å²) in [5.74, 6) is 0.670. The van der Waals surface area contributed by atoms with Crippen LogP contribution in [0.15, 0.2) is 6.20 Å². The molecule has 23 heavy (non-hydrogen) atoms. The van der Waals surface area contributed by atoms with Gasteiger partial charge < -0.3 is 15.4 Å². The van der Waals surface area contributed by atoms with Crippen LogP contribution in [-0.2, 0) is 18.3 Å². The Morgan fingerprint density at radius 2 is 2.26 bits per heavy atom. The van der Waals surface area contributed by atoms with Crippen molar-refractivity contribution >= 4 is 11.9 Å². The van der Waals surface area contributed by atoms with E-state index in [4.69, 9.17) is 4.74 Å². The zero-order valence-electron chi connectivity index (χ0n) is 14.6. The lowest BCUT2D eigenvalue weighted by atomic mass is 10.1. The number of carbonyl (C=O) groups is 1. The molecule has 1 aromatic rings. The number of aryl methyl sites for hydroxylation is 1. The Hall–Kier alpha value is -1.60. The number of nitrogens with one attached hydrogen (secondary N) is 3. The van der Waals surface area contributed by atoms with E-state index in [0.29, 0.717) is 18.4 Å². The summed E-state index contributed by atoms with van der Waals surface area (Å²) in [5, 5.41) is 14.0. The molecule has 0 saturated carbocycles. The van der Waals surface area contributed by atoms with Crippen LogP contribution < -0.4 is 16.0 Å². The highest BCUT2D eigenvalue weighted by Gasteiger charge is 2.19. The van der Waals surface area contributed by atoms with Gasteiger partial charge in [-0.05, 0) is 40.2 Å². The first kappa shape index (κ1) is 17.7. The van der Waals surface area contributed by atoms with Crippen LogP contribution in [0.25, 0.3) is 0 Å². The van der Waals surface area contributed by atoms with Gasteiger partial charge in [0, 0.05) is 31.7 Å². The normalized spacial score (nSPS) is 18.7. The second-order valence-electron chi connectivity index (χ2n) is 7.05. The molecule has 7 heteroatoms. The second-order valence-corrected chi connectivity index (χ2v) is 7.05. The molecule has 1 aliphatic heterocycles. The number of hydrogen-bond donors (Lipinski definition) is 3. The van der Waals surface area contributed by atoms with E-state index in [1.54, 1.807) is 17.9 Å². The van der Waals surface area contributed by atoms with Gasteiger partial charge in [-0.2, -0.15) is 5.10 Å². The highest BCUT2D eigenvalue weighted by molar-refractivity contribution is 5.84. The van der Waals surface area contributed by atoms with Crippen molar-refractivity contribution in [1.29, 1.82) is 0 Å². The van der Waals surface area contributed by atoms with Crippen LogP contribution in [0.3, 0.4) is 0 Å². The van der Waals surface area contributed by atoms with E-state index < -0.39 is 11.7 Å². The predicted molar refractivity (Wildman–Crippen MR) is 90.4 cm³/mol. The molecule has 7 nitrogen and oxygen atoms in total. The zero-order valence-corrected chi connectivity index (χ0v) is 14.6. The van der Waals surface area contributed by atoms with E-state index in [9.17, 15) is 4.79 Å². The van der Waals surface area contributed by atoms with E-state index in [-0.39, 0.29) is 0 Å². The molecule has 0 spiro atoms. The summed E-state index contributed by atoms with van der Waals surface area (Å²) in [6.45, 7) is 8.21. The Labute approximate surface area is 138 Å². The maximum atomic E-state index is 11.9. The molecule has 0 aromatic carbocycles. The van der Waals surface area contributed by atoms with Gasteiger partial charge in [0.05, 0.1) is 6.20 Å². The number of nitrogens with zero attached hydrogens (tertiary/aromatic N) is 2. The quantitative estimate of drug-likeness (QED) is 0.772. The van der Waals surface area contributed by atoms with Crippen molar-refractivity contribution in [3.8, 4) is 0 Å². The summed E-state index contributed by atoms with van der Waals surface area (Å²) in [6, 6.07) is 0.530. The maximum Gasteiger partial charge on any atom is 0.413 e. The van der Waals surface area contributed by atoms with Crippen LogP contribution in [0.1, 0.15) is 45.6 Å². The number of ether oxygens (including phenoxy) is 1. The molecule has 1 saturated heterocycles. The molecule has 1 fully saturated rings. The third kappa shape index (κ3) is 5.84. The van der Waals surface area contributed by atoms with Gasteiger partial charge in [-0.3, -0.25) is 10.00 Å². The molecule has 1 amide bonds. The average molecular weight is 323 g/mol. The van der Waals surface area contributed by atoms with Gasteiger partial charge in [-0.1, -0.05) is 6.42 Å². The van der Waals surface area contributed by atoms with Gasteiger partial charge >= 0.3 is 6.09 Å². The molecule has 3 N–H and O–H groups in total. The summed E-state index contributed by atoms with van der Waals surface area (Å²) >= 11 is 0. The first-order valence-electron chi connectivity index (χ1n) is 8.30. The number of anilines is 1. The number of carbonyl (C=O) groups excluding carboxylic acids is 1. The number of hydrogen-bond acceptors (Lipinski definition) is 5. The molecular formula is C16H29N5O2. The Bertz CT molecular complexity index is 515. The molecule has 1 aliphatic rings. The molecule has 1 atom stereocenters. The maximum absolute atomic E-state index is 11.9. The van der Waals surface area contributed by atoms with Crippen molar-refractivity contribution in [2.75, 3.05) is 18.4 Å². The van der Waals surface area contributed by atoms with Crippen LogP contribution in [0.5, 0.6) is 0 Å². The fraction of sp³-hybridized carbons (Fsp3) is 0.750. The summed E-state index contributed by atoms with van der Waals surface area (Å²) in [6.07, 6.45) is 5.08. The third-order valence-electron chi connectivity index (χ3n) is 3.75. The minimum absolute atomic E-state index is 0.462. The van der Waals surface area contributed by atoms with E-state index in [0.717, 1.165) is 18.7 Å². The SMILES string of the molecule is Cn1ncc(CNCC2CCCCN2)c1NC(=O)OC(C)(C)C. The summed E-state index contributed by atoms with van der Waals surface area (Å²) in [4.78, 5) is 11.9. The lowest BCUT2D eigenvalue weighted by molar-refractivity contribution is 0.0634. The fourth-order valence-corrected chi connectivity index (χ4v) is 2.65. The highest BCUT2D eigenvalue weighted by Crippen LogP contribution is 2.16. The number of rotatable bonds is 5. The predicted octanol–water partition coefficient (Wildman–Crippen LogP) is 2.00. The molecule has 130 valence electrons. The molecule has 0 aliphatic carbocycles. The van der Waals surface area contributed by atoms with Crippen LogP contribution in [0.2, 0.25) is 0 Å². The van der Waals surface area contributed by atoms with Crippen molar-refractivity contribution in [2.45, 2.75) is 58.2 Å². The minimum Gasteiger partial charge on any atom is -0.444 e. The monoisotopic (exact) mass is 323 g/mol. The molecule has 0 radical (unpaired) electrons. The smallest absolute Gasteiger partial charge is 0.413 e. The van der Waals surface area contributed by atoms with Crippen LogP contribution in [0, 0.1) is 0 Å². The number of amides is 1. The fourth-order valence-electron chi connectivity index (χ4n) is 2.65.